The minimum Gasteiger partial charge on any atom is -0.271 e. The number of nitrogens with one attached hydrogen (secondary N) is 1. The smallest absolute Gasteiger partial charge is 0.137 e. The third-order valence-electron chi connectivity index (χ3n) is 3.02. The Morgan fingerprint density at radius 1 is 1.20 bits per heavy atom. The number of hydrogen-bond acceptors (Lipinski definition) is 2. The average molecular weight is 378 g/mol. The summed E-state index contributed by atoms with van der Waals surface area (Å²) in [6.45, 7) is 0. The Morgan fingerprint density at radius 3 is 2.40 bits per heavy atom. The molecule has 1 unspecified atom stereocenters. The van der Waals surface area contributed by atoms with Crippen molar-refractivity contribution >= 4 is 39.1 Å². The number of rotatable bonds is 4. The lowest BCUT2D eigenvalue weighted by Crippen LogP contribution is -2.29. The van der Waals surface area contributed by atoms with Gasteiger partial charge in [0, 0.05) is 10.0 Å². The molecule has 20 heavy (non-hydrogen) atoms. The molecule has 0 fully saturated rings. The van der Waals surface area contributed by atoms with Crippen molar-refractivity contribution in [3.8, 4) is 0 Å². The first-order valence-corrected chi connectivity index (χ1v) is 7.41. The van der Waals surface area contributed by atoms with Crippen LogP contribution in [0.3, 0.4) is 0 Å². The van der Waals surface area contributed by atoms with Crippen LogP contribution in [-0.2, 0) is 6.42 Å². The fourth-order valence-corrected chi connectivity index (χ4v) is 2.88. The second-order valence-electron chi connectivity index (χ2n) is 4.30. The van der Waals surface area contributed by atoms with E-state index in [0.29, 0.717) is 20.9 Å². The van der Waals surface area contributed by atoms with Gasteiger partial charge in [-0.2, -0.15) is 0 Å². The summed E-state index contributed by atoms with van der Waals surface area (Å²) in [5.41, 5.74) is 4.36. The standard InChI is InChI=1S/C14H12BrCl2FN2/c15-10-6-8(4-5-13(10)18)14(20-19)7-9-11(16)2-1-3-12(9)17/h1-6,14,20H,7,19H2. The molecule has 0 saturated heterocycles. The Balaban J connectivity index is 2.31. The average Bonchev–Trinajstić information content (AvgIpc) is 2.42. The van der Waals surface area contributed by atoms with Gasteiger partial charge in [0.1, 0.15) is 5.82 Å². The summed E-state index contributed by atoms with van der Waals surface area (Å²) in [4.78, 5) is 0. The largest absolute Gasteiger partial charge is 0.271 e. The van der Waals surface area contributed by atoms with E-state index in [4.69, 9.17) is 29.0 Å². The van der Waals surface area contributed by atoms with Crippen LogP contribution in [0.4, 0.5) is 4.39 Å². The number of hydrogen-bond donors (Lipinski definition) is 2. The van der Waals surface area contributed by atoms with E-state index in [-0.39, 0.29) is 11.9 Å². The van der Waals surface area contributed by atoms with Crippen molar-refractivity contribution in [2.75, 3.05) is 0 Å². The van der Waals surface area contributed by atoms with Gasteiger partial charge in [0.2, 0.25) is 0 Å². The molecule has 0 aliphatic rings. The molecule has 0 saturated carbocycles. The maximum absolute atomic E-state index is 13.3. The van der Waals surface area contributed by atoms with Crippen molar-refractivity contribution < 1.29 is 4.39 Å². The molecule has 0 bridgehead atoms. The summed E-state index contributed by atoms with van der Waals surface area (Å²) >= 11 is 15.5. The van der Waals surface area contributed by atoms with E-state index >= 15 is 0 Å². The maximum Gasteiger partial charge on any atom is 0.137 e. The van der Waals surface area contributed by atoms with E-state index in [1.165, 1.54) is 6.07 Å². The number of benzene rings is 2. The zero-order valence-corrected chi connectivity index (χ0v) is 13.4. The molecule has 0 amide bonds. The highest BCUT2D eigenvalue weighted by Crippen LogP contribution is 2.30. The molecule has 1 atom stereocenters. The van der Waals surface area contributed by atoms with Crippen LogP contribution in [0.15, 0.2) is 40.9 Å². The first-order valence-electron chi connectivity index (χ1n) is 5.87. The Kier molecular flexibility index (Phi) is 5.41. The molecule has 0 aliphatic carbocycles. The molecule has 0 radical (unpaired) electrons. The summed E-state index contributed by atoms with van der Waals surface area (Å²) in [5.74, 6) is 5.28. The normalized spacial score (nSPS) is 12.4. The van der Waals surface area contributed by atoms with Crippen molar-refractivity contribution in [3.63, 3.8) is 0 Å². The molecule has 2 aromatic rings. The molecule has 0 heterocycles. The molecule has 2 rings (SSSR count). The van der Waals surface area contributed by atoms with Crippen molar-refractivity contribution in [3.05, 3.63) is 67.9 Å². The molecule has 0 aromatic heterocycles. The SMILES string of the molecule is NNC(Cc1c(Cl)cccc1Cl)c1ccc(F)c(Br)c1. The third kappa shape index (κ3) is 3.51. The molecule has 2 aromatic carbocycles. The van der Waals surface area contributed by atoms with Crippen LogP contribution in [0.2, 0.25) is 10.0 Å². The topological polar surface area (TPSA) is 38.0 Å². The predicted octanol–water partition coefficient (Wildman–Crippen LogP) is 4.64. The van der Waals surface area contributed by atoms with Crippen molar-refractivity contribution in [2.24, 2.45) is 5.84 Å². The molecular weight excluding hydrogens is 366 g/mol. The number of nitrogens with two attached hydrogens (primary N) is 1. The number of halogens is 4. The summed E-state index contributed by atoms with van der Waals surface area (Å²) in [6, 6.07) is 9.86. The molecule has 3 N–H and O–H groups in total. The van der Waals surface area contributed by atoms with Gasteiger partial charge in [0.15, 0.2) is 0 Å². The van der Waals surface area contributed by atoms with Crippen LogP contribution in [0.5, 0.6) is 0 Å². The van der Waals surface area contributed by atoms with Gasteiger partial charge in [-0.3, -0.25) is 11.3 Å². The molecular formula is C14H12BrCl2FN2. The third-order valence-corrected chi connectivity index (χ3v) is 4.33. The van der Waals surface area contributed by atoms with Gasteiger partial charge in [0.25, 0.3) is 0 Å². The fraction of sp³-hybridized carbons (Fsp3) is 0.143. The Bertz CT molecular complexity index is 602. The molecule has 106 valence electrons. The van der Waals surface area contributed by atoms with Gasteiger partial charge in [-0.25, -0.2) is 4.39 Å². The van der Waals surface area contributed by atoms with Gasteiger partial charge in [-0.15, -0.1) is 0 Å². The van der Waals surface area contributed by atoms with Gasteiger partial charge in [-0.1, -0.05) is 35.3 Å². The highest BCUT2D eigenvalue weighted by atomic mass is 79.9. The zero-order valence-electron chi connectivity index (χ0n) is 10.3. The second-order valence-corrected chi connectivity index (χ2v) is 5.97. The van der Waals surface area contributed by atoms with Gasteiger partial charge < -0.3 is 0 Å². The van der Waals surface area contributed by atoms with Crippen LogP contribution in [0.1, 0.15) is 17.2 Å². The van der Waals surface area contributed by atoms with E-state index in [1.807, 2.05) is 0 Å². The number of hydrazine groups is 1. The molecule has 2 nitrogen and oxygen atoms in total. The molecule has 0 aliphatic heterocycles. The Hall–Kier alpha value is -0.650. The van der Waals surface area contributed by atoms with Crippen LogP contribution < -0.4 is 11.3 Å². The fourth-order valence-electron chi connectivity index (χ4n) is 1.93. The minimum atomic E-state index is -0.319. The summed E-state index contributed by atoms with van der Waals surface area (Å²) in [7, 11) is 0. The highest BCUT2D eigenvalue weighted by molar-refractivity contribution is 9.10. The quantitative estimate of drug-likeness (QED) is 0.601. The van der Waals surface area contributed by atoms with E-state index < -0.39 is 0 Å². The van der Waals surface area contributed by atoms with Gasteiger partial charge >= 0.3 is 0 Å². The Labute approximate surface area is 135 Å². The van der Waals surface area contributed by atoms with Crippen LogP contribution in [0.25, 0.3) is 0 Å². The second kappa shape index (κ2) is 6.87. The first kappa shape index (κ1) is 15.7. The summed E-state index contributed by atoms with van der Waals surface area (Å²) in [5, 5.41) is 1.16. The molecule has 6 heteroatoms. The van der Waals surface area contributed by atoms with E-state index in [2.05, 4.69) is 21.4 Å². The predicted molar refractivity (Wildman–Crippen MR) is 84.3 cm³/mol. The minimum absolute atomic E-state index is 0.218. The summed E-state index contributed by atoms with van der Waals surface area (Å²) in [6.07, 6.45) is 0.507. The lowest BCUT2D eigenvalue weighted by Gasteiger charge is -2.18. The van der Waals surface area contributed by atoms with Crippen LogP contribution in [0, 0.1) is 5.82 Å². The maximum atomic E-state index is 13.3. The van der Waals surface area contributed by atoms with Crippen LogP contribution >= 0.6 is 39.1 Å². The van der Waals surface area contributed by atoms with Crippen molar-refractivity contribution in [1.29, 1.82) is 0 Å². The Morgan fingerprint density at radius 2 is 1.85 bits per heavy atom. The van der Waals surface area contributed by atoms with E-state index in [9.17, 15) is 4.39 Å². The summed E-state index contributed by atoms with van der Waals surface area (Å²) < 4.78 is 13.7. The van der Waals surface area contributed by atoms with Gasteiger partial charge in [-0.05, 0) is 57.7 Å². The van der Waals surface area contributed by atoms with Gasteiger partial charge in [0.05, 0.1) is 10.5 Å². The zero-order chi connectivity index (χ0) is 14.7. The van der Waals surface area contributed by atoms with Crippen molar-refractivity contribution in [2.45, 2.75) is 12.5 Å². The van der Waals surface area contributed by atoms with Crippen LogP contribution in [-0.4, -0.2) is 0 Å². The first-order chi connectivity index (χ1) is 9.52. The molecule has 0 spiro atoms. The van der Waals surface area contributed by atoms with E-state index in [1.54, 1.807) is 30.3 Å². The monoisotopic (exact) mass is 376 g/mol. The lowest BCUT2D eigenvalue weighted by atomic mass is 9.99. The highest BCUT2D eigenvalue weighted by Gasteiger charge is 2.16. The lowest BCUT2D eigenvalue weighted by molar-refractivity contribution is 0.548. The van der Waals surface area contributed by atoms with Crippen molar-refractivity contribution in [1.82, 2.24) is 5.43 Å². The van der Waals surface area contributed by atoms with E-state index in [0.717, 1.165) is 11.1 Å².